The molecule has 1 aromatic heterocycles. The smallest absolute Gasteiger partial charge is 0.224 e. The van der Waals surface area contributed by atoms with Gasteiger partial charge in [-0.25, -0.2) is 0 Å². The van der Waals surface area contributed by atoms with E-state index in [2.05, 4.69) is 17.2 Å². The van der Waals surface area contributed by atoms with Crippen molar-refractivity contribution in [2.45, 2.75) is 38.8 Å². The predicted molar refractivity (Wildman–Crippen MR) is 67.6 cm³/mol. The van der Waals surface area contributed by atoms with Crippen LogP contribution >= 0.6 is 0 Å². The number of nitrogens with zero attached hydrogens (tertiary/aromatic N) is 4. The molecule has 2 unspecified atom stereocenters. The molecule has 2 heterocycles. The SMILES string of the molecule is CC1CCC(CN)CN1C(=O)CCn1ccnn1. The first-order valence-electron chi connectivity index (χ1n) is 6.54. The van der Waals surface area contributed by atoms with Gasteiger partial charge in [-0.3, -0.25) is 9.48 Å². The van der Waals surface area contributed by atoms with E-state index in [-0.39, 0.29) is 5.91 Å². The summed E-state index contributed by atoms with van der Waals surface area (Å²) >= 11 is 0. The molecule has 1 fully saturated rings. The van der Waals surface area contributed by atoms with E-state index >= 15 is 0 Å². The van der Waals surface area contributed by atoms with E-state index in [9.17, 15) is 4.79 Å². The predicted octanol–water partition coefficient (Wildman–Crippen LogP) is 0.254. The number of piperidine rings is 1. The molecule has 18 heavy (non-hydrogen) atoms. The van der Waals surface area contributed by atoms with Gasteiger partial charge in [0, 0.05) is 25.2 Å². The van der Waals surface area contributed by atoms with Crippen LogP contribution in [-0.4, -0.2) is 44.9 Å². The zero-order chi connectivity index (χ0) is 13.0. The van der Waals surface area contributed by atoms with Gasteiger partial charge in [0.2, 0.25) is 5.91 Å². The van der Waals surface area contributed by atoms with Gasteiger partial charge in [-0.1, -0.05) is 5.21 Å². The lowest BCUT2D eigenvalue weighted by Gasteiger charge is -2.37. The highest BCUT2D eigenvalue weighted by Crippen LogP contribution is 2.21. The molecule has 1 amide bonds. The maximum atomic E-state index is 12.2. The van der Waals surface area contributed by atoms with Gasteiger partial charge in [-0.05, 0) is 32.2 Å². The van der Waals surface area contributed by atoms with Crippen molar-refractivity contribution in [3.63, 3.8) is 0 Å². The normalized spacial score (nSPS) is 24.2. The second-order valence-electron chi connectivity index (χ2n) is 4.99. The fourth-order valence-corrected chi connectivity index (χ4v) is 2.43. The minimum absolute atomic E-state index is 0.191. The Morgan fingerprint density at radius 2 is 2.33 bits per heavy atom. The highest BCUT2D eigenvalue weighted by molar-refractivity contribution is 5.76. The molecule has 2 rings (SSSR count). The molecule has 0 aliphatic carbocycles. The molecular weight excluding hydrogens is 230 g/mol. The molecule has 2 N–H and O–H groups in total. The van der Waals surface area contributed by atoms with Gasteiger partial charge in [0.15, 0.2) is 0 Å². The summed E-state index contributed by atoms with van der Waals surface area (Å²) in [6, 6.07) is 0.330. The third-order valence-electron chi connectivity index (χ3n) is 3.66. The Bertz CT molecular complexity index is 378. The van der Waals surface area contributed by atoms with Crippen molar-refractivity contribution in [2.75, 3.05) is 13.1 Å². The Morgan fingerprint density at radius 1 is 1.50 bits per heavy atom. The van der Waals surface area contributed by atoms with Gasteiger partial charge in [-0.15, -0.1) is 5.10 Å². The zero-order valence-corrected chi connectivity index (χ0v) is 10.8. The van der Waals surface area contributed by atoms with Crippen LogP contribution in [0.3, 0.4) is 0 Å². The van der Waals surface area contributed by atoms with Gasteiger partial charge >= 0.3 is 0 Å². The molecule has 0 saturated carbocycles. The molecule has 1 aliphatic heterocycles. The summed E-state index contributed by atoms with van der Waals surface area (Å²) in [5.74, 6) is 0.646. The number of nitrogens with two attached hydrogens (primary N) is 1. The summed E-state index contributed by atoms with van der Waals surface area (Å²) in [7, 11) is 0. The lowest BCUT2D eigenvalue weighted by molar-refractivity contribution is -0.135. The minimum atomic E-state index is 0.191. The molecule has 0 radical (unpaired) electrons. The van der Waals surface area contributed by atoms with Crippen LogP contribution < -0.4 is 5.73 Å². The lowest BCUT2D eigenvalue weighted by atomic mass is 9.93. The third kappa shape index (κ3) is 3.07. The molecule has 1 aromatic rings. The minimum Gasteiger partial charge on any atom is -0.340 e. The molecule has 1 aliphatic rings. The van der Waals surface area contributed by atoms with Gasteiger partial charge in [0.05, 0.1) is 12.7 Å². The van der Waals surface area contributed by atoms with E-state index in [1.165, 1.54) is 0 Å². The van der Waals surface area contributed by atoms with Crippen LogP contribution in [0.4, 0.5) is 0 Å². The van der Waals surface area contributed by atoms with Crippen LogP contribution in [0.2, 0.25) is 0 Å². The summed E-state index contributed by atoms with van der Waals surface area (Å²) in [5.41, 5.74) is 5.70. The first kappa shape index (κ1) is 13.0. The molecule has 6 heteroatoms. The second kappa shape index (κ2) is 5.95. The summed E-state index contributed by atoms with van der Waals surface area (Å²) in [5, 5.41) is 7.58. The van der Waals surface area contributed by atoms with Gasteiger partial charge in [0.1, 0.15) is 0 Å². The number of carbonyl (C=O) groups is 1. The van der Waals surface area contributed by atoms with Crippen molar-refractivity contribution >= 4 is 5.91 Å². The van der Waals surface area contributed by atoms with E-state index in [1.807, 2.05) is 4.90 Å². The van der Waals surface area contributed by atoms with Crippen molar-refractivity contribution in [1.82, 2.24) is 19.9 Å². The topological polar surface area (TPSA) is 77.0 Å². The number of aryl methyl sites for hydroxylation is 1. The van der Waals surface area contributed by atoms with Crippen molar-refractivity contribution in [3.8, 4) is 0 Å². The largest absolute Gasteiger partial charge is 0.340 e. The maximum Gasteiger partial charge on any atom is 0.224 e. The van der Waals surface area contributed by atoms with E-state index in [0.29, 0.717) is 31.5 Å². The third-order valence-corrected chi connectivity index (χ3v) is 3.66. The van der Waals surface area contributed by atoms with E-state index in [4.69, 9.17) is 5.73 Å². The van der Waals surface area contributed by atoms with Crippen molar-refractivity contribution in [1.29, 1.82) is 0 Å². The van der Waals surface area contributed by atoms with Crippen LogP contribution in [0, 0.1) is 5.92 Å². The van der Waals surface area contributed by atoms with Gasteiger partial charge in [0.25, 0.3) is 0 Å². The maximum absolute atomic E-state index is 12.2. The van der Waals surface area contributed by atoms with E-state index in [1.54, 1.807) is 17.1 Å². The van der Waals surface area contributed by atoms with Crippen molar-refractivity contribution in [3.05, 3.63) is 12.4 Å². The fourth-order valence-electron chi connectivity index (χ4n) is 2.43. The van der Waals surface area contributed by atoms with E-state index in [0.717, 1.165) is 19.4 Å². The van der Waals surface area contributed by atoms with E-state index < -0.39 is 0 Å². The number of amides is 1. The Hall–Kier alpha value is -1.43. The molecule has 100 valence electrons. The molecule has 0 aromatic carbocycles. The molecule has 6 nitrogen and oxygen atoms in total. The average Bonchev–Trinajstić information content (AvgIpc) is 2.89. The highest BCUT2D eigenvalue weighted by Gasteiger charge is 2.27. The average molecular weight is 251 g/mol. The molecular formula is C12H21N5O. The summed E-state index contributed by atoms with van der Waals surface area (Å²) in [6.45, 7) is 4.17. The first-order chi connectivity index (χ1) is 8.70. The Morgan fingerprint density at radius 3 is 3.00 bits per heavy atom. The Balaban J connectivity index is 1.86. The monoisotopic (exact) mass is 251 g/mol. The van der Waals surface area contributed by atoms with Crippen LogP contribution in [-0.2, 0) is 11.3 Å². The van der Waals surface area contributed by atoms with Crippen molar-refractivity contribution < 1.29 is 4.79 Å². The molecule has 2 atom stereocenters. The first-order valence-corrected chi connectivity index (χ1v) is 6.54. The summed E-state index contributed by atoms with van der Waals surface area (Å²) < 4.78 is 1.69. The molecule has 0 spiro atoms. The van der Waals surface area contributed by atoms with Crippen LogP contribution in [0.15, 0.2) is 12.4 Å². The van der Waals surface area contributed by atoms with Gasteiger partial charge in [-0.2, -0.15) is 0 Å². The number of carbonyl (C=O) groups excluding carboxylic acids is 1. The Kier molecular flexibility index (Phi) is 4.30. The van der Waals surface area contributed by atoms with Crippen LogP contribution in [0.5, 0.6) is 0 Å². The molecule has 0 bridgehead atoms. The number of likely N-dealkylation sites (tertiary alicyclic amines) is 1. The molecule has 1 saturated heterocycles. The quantitative estimate of drug-likeness (QED) is 0.832. The fraction of sp³-hybridized carbons (Fsp3) is 0.750. The summed E-state index contributed by atoms with van der Waals surface area (Å²) in [4.78, 5) is 14.2. The number of rotatable bonds is 4. The second-order valence-corrected chi connectivity index (χ2v) is 4.99. The Labute approximate surface area is 107 Å². The zero-order valence-electron chi connectivity index (χ0n) is 10.8. The lowest BCUT2D eigenvalue weighted by Crippen LogP contribution is -2.47. The standard InChI is InChI=1S/C12H21N5O/c1-10-2-3-11(8-13)9-17(10)12(18)4-6-16-7-5-14-15-16/h5,7,10-11H,2-4,6,8-9,13H2,1H3. The number of aromatic nitrogens is 3. The number of hydrogen-bond donors (Lipinski definition) is 1. The highest BCUT2D eigenvalue weighted by atomic mass is 16.2. The summed E-state index contributed by atoms with van der Waals surface area (Å²) in [6.07, 6.45) is 6.06. The van der Waals surface area contributed by atoms with Crippen LogP contribution in [0.1, 0.15) is 26.2 Å². The van der Waals surface area contributed by atoms with Crippen molar-refractivity contribution in [2.24, 2.45) is 11.7 Å². The van der Waals surface area contributed by atoms with Gasteiger partial charge < -0.3 is 10.6 Å². The van der Waals surface area contributed by atoms with Crippen LogP contribution in [0.25, 0.3) is 0 Å². The number of hydrogen-bond acceptors (Lipinski definition) is 4.